The first kappa shape index (κ1) is 23.7. The molecule has 1 heterocycles. The lowest BCUT2D eigenvalue weighted by Crippen LogP contribution is -2.38. The second-order valence-electron chi connectivity index (χ2n) is 7.66. The molecule has 0 radical (unpaired) electrons. The van der Waals surface area contributed by atoms with Gasteiger partial charge in [-0.2, -0.15) is 18.4 Å². The Bertz CT molecular complexity index is 1070. The largest absolute Gasteiger partial charge is 0.418 e. The number of fused-ring (bicyclic) bond motifs is 1. The van der Waals surface area contributed by atoms with Gasteiger partial charge in [0.25, 0.3) is 0 Å². The zero-order chi connectivity index (χ0) is 23.5. The third-order valence-corrected chi connectivity index (χ3v) is 5.56. The Morgan fingerprint density at radius 2 is 1.81 bits per heavy atom. The van der Waals surface area contributed by atoms with Crippen molar-refractivity contribution >= 4 is 27.8 Å². The zero-order valence-corrected chi connectivity index (χ0v) is 17.1. The zero-order valence-electron chi connectivity index (χ0n) is 17.1. The van der Waals surface area contributed by atoms with Crippen LogP contribution in [0.15, 0.2) is 42.0 Å². The number of aliphatic hydroxyl groups is 3. The second-order valence-corrected chi connectivity index (χ2v) is 7.66. The number of Topliss-reactive ketones (excluding diaryl/α,β-unsaturated/α-hetero) is 1. The van der Waals surface area contributed by atoms with Crippen molar-refractivity contribution in [1.29, 1.82) is 5.26 Å². The minimum atomic E-state index is -4.98. The van der Waals surface area contributed by atoms with E-state index in [0.29, 0.717) is 24.2 Å². The predicted octanol–water partition coefficient (Wildman–Crippen LogP) is 2.95. The van der Waals surface area contributed by atoms with E-state index >= 15 is 0 Å². The molecule has 32 heavy (non-hydrogen) atoms. The molecule has 1 aliphatic heterocycles. The van der Waals surface area contributed by atoms with Crippen molar-refractivity contribution in [2.75, 3.05) is 24.6 Å². The molecule has 2 unspecified atom stereocenters. The van der Waals surface area contributed by atoms with Crippen LogP contribution in [-0.4, -0.2) is 59.2 Å². The summed E-state index contributed by atoms with van der Waals surface area (Å²) in [4.78, 5) is 14.4. The Morgan fingerprint density at radius 1 is 1.12 bits per heavy atom. The minimum Gasteiger partial charge on any atom is -0.394 e. The Kier molecular flexibility index (Phi) is 7.19. The highest BCUT2D eigenvalue weighted by Gasteiger charge is 2.41. The van der Waals surface area contributed by atoms with E-state index in [1.54, 1.807) is 29.2 Å². The Labute approximate surface area is 182 Å². The third-order valence-electron chi connectivity index (χ3n) is 5.56. The highest BCUT2D eigenvalue weighted by atomic mass is 19.4. The average molecular weight is 448 g/mol. The summed E-state index contributed by atoms with van der Waals surface area (Å²) in [6.45, 7) is 0.362. The average Bonchev–Trinajstić information content (AvgIpc) is 2.73. The predicted molar refractivity (Wildman–Crippen MR) is 113 cm³/mol. The molecule has 9 heteroatoms. The van der Waals surface area contributed by atoms with Crippen LogP contribution in [-0.2, 0) is 4.79 Å². The van der Waals surface area contributed by atoms with Gasteiger partial charge in [0.2, 0.25) is 0 Å². The molecule has 1 aliphatic rings. The number of anilines is 1. The number of ketones is 1. The Hall–Kier alpha value is -2.93. The normalized spacial score (nSPS) is 16.7. The number of benzene rings is 2. The summed E-state index contributed by atoms with van der Waals surface area (Å²) < 4.78 is 42.7. The lowest BCUT2D eigenvalue weighted by atomic mass is 9.90. The van der Waals surface area contributed by atoms with Crippen LogP contribution >= 0.6 is 0 Å². The number of hydrogen-bond donors (Lipinski definition) is 3. The van der Waals surface area contributed by atoms with Crippen LogP contribution in [0.1, 0.15) is 24.8 Å². The molecule has 0 aliphatic carbocycles. The van der Waals surface area contributed by atoms with Crippen molar-refractivity contribution < 1.29 is 33.3 Å². The molecule has 2 aromatic carbocycles. The van der Waals surface area contributed by atoms with Gasteiger partial charge in [-0.1, -0.05) is 36.4 Å². The van der Waals surface area contributed by atoms with Crippen LogP contribution in [0.5, 0.6) is 0 Å². The monoisotopic (exact) mass is 448 g/mol. The molecular formula is C23H23F3N2O4. The fourth-order valence-electron chi connectivity index (χ4n) is 3.74. The van der Waals surface area contributed by atoms with Gasteiger partial charge >= 0.3 is 6.18 Å². The van der Waals surface area contributed by atoms with Crippen molar-refractivity contribution in [2.24, 2.45) is 0 Å². The van der Waals surface area contributed by atoms with Crippen LogP contribution in [0.25, 0.3) is 16.3 Å². The molecule has 1 fully saturated rings. The number of nitrogens with zero attached hydrogens (tertiary/aromatic N) is 2. The number of halogens is 3. The van der Waals surface area contributed by atoms with Crippen molar-refractivity contribution in [3.8, 4) is 6.07 Å². The van der Waals surface area contributed by atoms with Crippen LogP contribution in [0.4, 0.5) is 18.9 Å². The van der Waals surface area contributed by atoms with Gasteiger partial charge in [0.1, 0.15) is 17.7 Å². The first-order valence-corrected chi connectivity index (χ1v) is 10.2. The number of carbonyl (C=O) groups excluding carboxylic acids is 1. The molecular weight excluding hydrogens is 425 g/mol. The lowest BCUT2D eigenvalue weighted by Gasteiger charge is -2.36. The summed E-state index contributed by atoms with van der Waals surface area (Å²) in [5.74, 6) is -1.09. The SMILES string of the molecule is N#C/C(C(=O)CCC(O)C(O)CO)=C(\c1ccc2ccccc2c1N1CCC1)C(F)(F)F. The highest BCUT2D eigenvalue weighted by molar-refractivity contribution is 6.10. The molecule has 170 valence electrons. The summed E-state index contributed by atoms with van der Waals surface area (Å²) >= 11 is 0. The van der Waals surface area contributed by atoms with Crippen molar-refractivity contribution in [2.45, 2.75) is 37.6 Å². The summed E-state index contributed by atoms with van der Waals surface area (Å²) in [7, 11) is 0. The van der Waals surface area contributed by atoms with Gasteiger partial charge < -0.3 is 20.2 Å². The van der Waals surface area contributed by atoms with Gasteiger partial charge in [0, 0.05) is 30.5 Å². The number of carbonyl (C=O) groups is 1. The topological polar surface area (TPSA) is 105 Å². The summed E-state index contributed by atoms with van der Waals surface area (Å²) in [6, 6.07) is 11.2. The van der Waals surface area contributed by atoms with Gasteiger partial charge in [0.15, 0.2) is 5.78 Å². The van der Waals surface area contributed by atoms with Gasteiger partial charge in [-0.05, 0) is 18.2 Å². The fourth-order valence-corrected chi connectivity index (χ4v) is 3.74. The van der Waals surface area contributed by atoms with Gasteiger partial charge in [-0.15, -0.1) is 0 Å². The molecule has 0 saturated carbocycles. The van der Waals surface area contributed by atoms with E-state index in [1.807, 2.05) is 0 Å². The standard InChI is InChI=1S/C23H23F3N2O4/c24-23(25,26)21(17(12-27)18(30)8-9-19(31)20(32)13-29)16-7-6-14-4-1-2-5-15(14)22(16)28-10-3-11-28/h1-2,4-7,19-20,29,31-32H,3,8-11,13H2/b21-17-. The molecule has 0 amide bonds. The van der Waals surface area contributed by atoms with E-state index in [9.17, 15) is 33.4 Å². The van der Waals surface area contributed by atoms with E-state index in [0.717, 1.165) is 11.8 Å². The van der Waals surface area contributed by atoms with Crippen LogP contribution in [0.2, 0.25) is 0 Å². The molecule has 6 nitrogen and oxygen atoms in total. The number of nitriles is 1. The van der Waals surface area contributed by atoms with Crippen LogP contribution in [0, 0.1) is 11.3 Å². The van der Waals surface area contributed by atoms with E-state index in [2.05, 4.69) is 0 Å². The first-order valence-electron chi connectivity index (χ1n) is 10.2. The van der Waals surface area contributed by atoms with Gasteiger partial charge in [-0.25, -0.2) is 0 Å². The minimum absolute atomic E-state index is 0.239. The van der Waals surface area contributed by atoms with Crippen LogP contribution in [0.3, 0.4) is 0 Å². The maximum atomic E-state index is 14.2. The van der Waals surface area contributed by atoms with Gasteiger partial charge in [-0.3, -0.25) is 4.79 Å². The number of allylic oxidation sites excluding steroid dienone is 2. The summed E-state index contributed by atoms with van der Waals surface area (Å²) in [5.41, 5.74) is -2.26. The number of alkyl halides is 3. The highest BCUT2D eigenvalue weighted by Crippen LogP contribution is 2.44. The number of hydrogen-bond acceptors (Lipinski definition) is 6. The molecule has 2 aromatic rings. The van der Waals surface area contributed by atoms with E-state index in [-0.39, 0.29) is 5.56 Å². The maximum Gasteiger partial charge on any atom is 0.418 e. The molecule has 0 bridgehead atoms. The third kappa shape index (κ3) is 4.78. The molecule has 2 atom stereocenters. The summed E-state index contributed by atoms with van der Waals surface area (Å²) in [5, 5.41) is 38.9. The van der Waals surface area contributed by atoms with Crippen molar-refractivity contribution in [3.05, 3.63) is 47.5 Å². The van der Waals surface area contributed by atoms with E-state index in [4.69, 9.17) is 5.11 Å². The smallest absolute Gasteiger partial charge is 0.394 e. The van der Waals surface area contributed by atoms with E-state index in [1.165, 1.54) is 18.2 Å². The van der Waals surface area contributed by atoms with Gasteiger partial charge in [0.05, 0.1) is 24.0 Å². The maximum absolute atomic E-state index is 14.2. The van der Waals surface area contributed by atoms with E-state index < -0.39 is 54.8 Å². The number of rotatable bonds is 8. The van der Waals surface area contributed by atoms with Crippen molar-refractivity contribution in [3.63, 3.8) is 0 Å². The number of aliphatic hydroxyl groups excluding tert-OH is 3. The lowest BCUT2D eigenvalue weighted by molar-refractivity contribution is -0.116. The Balaban J connectivity index is 2.14. The summed E-state index contributed by atoms with van der Waals surface area (Å²) in [6.07, 6.45) is -8.18. The van der Waals surface area contributed by atoms with Crippen LogP contribution < -0.4 is 4.90 Å². The van der Waals surface area contributed by atoms with Crippen molar-refractivity contribution in [1.82, 2.24) is 0 Å². The first-order chi connectivity index (χ1) is 15.2. The molecule has 3 rings (SSSR count). The second kappa shape index (κ2) is 9.69. The molecule has 0 aromatic heterocycles. The fraction of sp³-hybridized carbons (Fsp3) is 0.391. The Morgan fingerprint density at radius 3 is 2.38 bits per heavy atom. The quantitative estimate of drug-likeness (QED) is 0.424. The molecule has 3 N–H and O–H groups in total. The molecule has 1 saturated heterocycles. The molecule has 0 spiro atoms.